The summed E-state index contributed by atoms with van der Waals surface area (Å²) in [6.07, 6.45) is 2.06. The highest BCUT2D eigenvalue weighted by atomic mass is 35.5. The van der Waals surface area contributed by atoms with Gasteiger partial charge in [-0.25, -0.2) is 0 Å². The summed E-state index contributed by atoms with van der Waals surface area (Å²) in [5.41, 5.74) is 7.89. The molecule has 17 heavy (non-hydrogen) atoms. The van der Waals surface area contributed by atoms with Crippen LogP contribution >= 0.6 is 12.4 Å². The lowest BCUT2D eigenvalue weighted by molar-refractivity contribution is -0.122. The molecule has 1 aromatic rings. The Labute approximate surface area is 109 Å². The van der Waals surface area contributed by atoms with E-state index in [0.717, 1.165) is 18.4 Å². The molecule has 3 nitrogen and oxygen atoms in total. The van der Waals surface area contributed by atoms with Gasteiger partial charge in [0, 0.05) is 6.54 Å². The first-order valence-electron chi connectivity index (χ1n) is 5.75. The molecular formula is C13H21ClN2O. The molecule has 1 unspecified atom stereocenters. The van der Waals surface area contributed by atoms with Gasteiger partial charge in [0.2, 0.25) is 5.91 Å². The maximum absolute atomic E-state index is 11.7. The third kappa shape index (κ3) is 5.20. The van der Waals surface area contributed by atoms with E-state index in [1.165, 1.54) is 5.56 Å². The van der Waals surface area contributed by atoms with Crippen LogP contribution in [0.2, 0.25) is 0 Å². The first-order chi connectivity index (χ1) is 7.65. The number of nitrogens with two attached hydrogens (primary N) is 1. The van der Waals surface area contributed by atoms with Crippen LogP contribution in [0.4, 0.5) is 0 Å². The zero-order valence-electron chi connectivity index (χ0n) is 10.4. The number of hydrogen-bond donors (Lipinski definition) is 2. The molecule has 0 fully saturated rings. The molecule has 0 bridgehead atoms. The molecule has 0 radical (unpaired) electrons. The molecule has 1 amide bonds. The summed E-state index contributed by atoms with van der Waals surface area (Å²) in [7, 11) is 0. The van der Waals surface area contributed by atoms with Gasteiger partial charge in [0.05, 0.1) is 0 Å². The van der Waals surface area contributed by atoms with Crippen molar-refractivity contribution in [1.29, 1.82) is 0 Å². The van der Waals surface area contributed by atoms with Gasteiger partial charge in [0.25, 0.3) is 0 Å². The van der Waals surface area contributed by atoms with Crippen LogP contribution in [-0.2, 0) is 4.79 Å². The standard InChI is InChI=1S/C13H20N2O.ClH/c1-3-4-9-15-13(16)12(14)11-7-5-10(2)6-8-11;/h5-8,12H,3-4,9,14H2,1-2H3,(H,15,16);1H. The van der Waals surface area contributed by atoms with Gasteiger partial charge in [-0.15, -0.1) is 12.4 Å². The van der Waals surface area contributed by atoms with E-state index < -0.39 is 6.04 Å². The molecule has 3 N–H and O–H groups in total. The molecule has 4 heteroatoms. The minimum atomic E-state index is -0.558. The van der Waals surface area contributed by atoms with E-state index in [0.29, 0.717) is 6.54 Å². The zero-order valence-corrected chi connectivity index (χ0v) is 11.2. The quantitative estimate of drug-likeness (QED) is 0.795. The Bertz CT molecular complexity index is 338. The minimum Gasteiger partial charge on any atom is -0.354 e. The van der Waals surface area contributed by atoms with E-state index >= 15 is 0 Å². The average Bonchev–Trinajstić information content (AvgIpc) is 2.29. The third-order valence-corrected chi connectivity index (χ3v) is 2.55. The maximum Gasteiger partial charge on any atom is 0.241 e. The lowest BCUT2D eigenvalue weighted by atomic mass is 10.1. The lowest BCUT2D eigenvalue weighted by Crippen LogP contribution is -2.34. The van der Waals surface area contributed by atoms with Crippen molar-refractivity contribution < 1.29 is 4.79 Å². The molecule has 0 spiro atoms. The maximum atomic E-state index is 11.7. The summed E-state index contributed by atoms with van der Waals surface area (Å²) in [4.78, 5) is 11.7. The highest BCUT2D eigenvalue weighted by Gasteiger charge is 2.14. The van der Waals surface area contributed by atoms with E-state index in [-0.39, 0.29) is 18.3 Å². The van der Waals surface area contributed by atoms with Crippen molar-refractivity contribution in [3.63, 3.8) is 0 Å². The van der Waals surface area contributed by atoms with Crippen LogP contribution in [0.3, 0.4) is 0 Å². The number of benzene rings is 1. The fourth-order valence-corrected chi connectivity index (χ4v) is 1.42. The third-order valence-electron chi connectivity index (χ3n) is 2.55. The molecule has 1 rings (SSSR count). The van der Waals surface area contributed by atoms with Gasteiger partial charge in [-0.05, 0) is 18.9 Å². The summed E-state index contributed by atoms with van der Waals surface area (Å²) in [5.74, 6) is -0.0997. The van der Waals surface area contributed by atoms with E-state index in [9.17, 15) is 4.79 Å². The number of amides is 1. The Balaban J connectivity index is 0.00000256. The first-order valence-corrected chi connectivity index (χ1v) is 5.75. The van der Waals surface area contributed by atoms with Crippen molar-refractivity contribution in [2.45, 2.75) is 32.7 Å². The summed E-state index contributed by atoms with van der Waals surface area (Å²) in [5, 5.41) is 2.83. The zero-order chi connectivity index (χ0) is 12.0. The van der Waals surface area contributed by atoms with E-state index in [2.05, 4.69) is 12.2 Å². The highest BCUT2D eigenvalue weighted by molar-refractivity contribution is 5.85. The van der Waals surface area contributed by atoms with E-state index in [1.807, 2.05) is 31.2 Å². The van der Waals surface area contributed by atoms with Gasteiger partial charge in [0.15, 0.2) is 0 Å². The topological polar surface area (TPSA) is 55.1 Å². The molecule has 0 saturated carbocycles. The lowest BCUT2D eigenvalue weighted by Gasteiger charge is -2.12. The number of nitrogens with one attached hydrogen (secondary N) is 1. The van der Waals surface area contributed by atoms with Crippen LogP contribution < -0.4 is 11.1 Å². The molecule has 1 aromatic carbocycles. The van der Waals surface area contributed by atoms with Crippen LogP contribution in [0.25, 0.3) is 0 Å². The highest BCUT2D eigenvalue weighted by Crippen LogP contribution is 2.11. The van der Waals surface area contributed by atoms with Crippen LogP contribution in [0, 0.1) is 6.92 Å². The molecule has 0 saturated heterocycles. The molecule has 0 heterocycles. The summed E-state index contributed by atoms with van der Waals surface area (Å²) in [6.45, 7) is 4.80. The van der Waals surface area contributed by atoms with Gasteiger partial charge in [0.1, 0.15) is 6.04 Å². The molecule has 96 valence electrons. The molecule has 0 aliphatic rings. The van der Waals surface area contributed by atoms with E-state index in [4.69, 9.17) is 5.73 Å². The predicted octanol–water partition coefficient (Wildman–Crippen LogP) is 2.33. The monoisotopic (exact) mass is 256 g/mol. The number of halogens is 1. The van der Waals surface area contributed by atoms with Crippen molar-refractivity contribution in [1.82, 2.24) is 5.32 Å². The average molecular weight is 257 g/mol. The van der Waals surface area contributed by atoms with Crippen molar-refractivity contribution in [3.05, 3.63) is 35.4 Å². The fourth-order valence-electron chi connectivity index (χ4n) is 1.42. The Kier molecular flexibility index (Phi) is 7.59. The molecule has 0 aromatic heterocycles. The molecule has 1 atom stereocenters. The Morgan fingerprint density at radius 1 is 1.35 bits per heavy atom. The number of hydrogen-bond acceptors (Lipinski definition) is 2. The smallest absolute Gasteiger partial charge is 0.241 e. The van der Waals surface area contributed by atoms with Gasteiger partial charge >= 0.3 is 0 Å². The van der Waals surface area contributed by atoms with E-state index in [1.54, 1.807) is 0 Å². The summed E-state index contributed by atoms with van der Waals surface area (Å²) in [6, 6.07) is 7.18. The molecule has 0 aliphatic carbocycles. The van der Waals surface area contributed by atoms with Crippen LogP contribution in [0.15, 0.2) is 24.3 Å². The molecular weight excluding hydrogens is 236 g/mol. The second kappa shape index (κ2) is 8.09. The van der Waals surface area contributed by atoms with Crippen molar-refractivity contribution >= 4 is 18.3 Å². The van der Waals surface area contributed by atoms with Gasteiger partial charge in [-0.3, -0.25) is 4.79 Å². The number of carbonyl (C=O) groups is 1. The van der Waals surface area contributed by atoms with Crippen molar-refractivity contribution in [2.75, 3.05) is 6.54 Å². The second-order valence-electron chi connectivity index (χ2n) is 4.03. The number of aryl methyl sites for hydroxylation is 1. The molecule has 0 aliphatic heterocycles. The summed E-state index contributed by atoms with van der Waals surface area (Å²) < 4.78 is 0. The van der Waals surface area contributed by atoms with Crippen molar-refractivity contribution in [2.24, 2.45) is 5.73 Å². The Hall–Kier alpha value is -1.06. The van der Waals surface area contributed by atoms with Crippen LogP contribution in [-0.4, -0.2) is 12.5 Å². The number of rotatable bonds is 5. The van der Waals surface area contributed by atoms with Crippen molar-refractivity contribution in [3.8, 4) is 0 Å². The Morgan fingerprint density at radius 3 is 2.47 bits per heavy atom. The predicted molar refractivity (Wildman–Crippen MR) is 73.3 cm³/mol. The fraction of sp³-hybridized carbons (Fsp3) is 0.462. The number of unbranched alkanes of at least 4 members (excludes halogenated alkanes) is 1. The number of carbonyl (C=O) groups excluding carboxylic acids is 1. The second-order valence-corrected chi connectivity index (χ2v) is 4.03. The largest absolute Gasteiger partial charge is 0.354 e. The van der Waals surface area contributed by atoms with Gasteiger partial charge < -0.3 is 11.1 Å². The van der Waals surface area contributed by atoms with Gasteiger partial charge in [-0.1, -0.05) is 43.2 Å². The first kappa shape index (κ1) is 15.9. The normalized spacial score (nSPS) is 11.5. The summed E-state index contributed by atoms with van der Waals surface area (Å²) >= 11 is 0. The van der Waals surface area contributed by atoms with Crippen LogP contribution in [0.1, 0.15) is 36.9 Å². The SMILES string of the molecule is CCCCNC(=O)C(N)c1ccc(C)cc1.Cl. The Morgan fingerprint density at radius 2 is 1.94 bits per heavy atom. The van der Waals surface area contributed by atoms with Crippen LogP contribution in [0.5, 0.6) is 0 Å². The minimum absolute atomic E-state index is 0. The van der Waals surface area contributed by atoms with Gasteiger partial charge in [-0.2, -0.15) is 0 Å².